The van der Waals surface area contributed by atoms with E-state index in [4.69, 9.17) is 0 Å². The van der Waals surface area contributed by atoms with E-state index in [-0.39, 0.29) is 6.54 Å². The van der Waals surface area contributed by atoms with E-state index < -0.39 is 11.8 Å². The quantitative estimate of drug-likeness (QED) is 0.751. The van der Waals surface area contributed by atoms with Crippen LogP contribution in [0.3, 0.4) is 0 Å². The van der Waals surface area contributed by atoms with Crippen molar-refractivity contribution in [3.05, 3.63) is 17.8 Å². The molecule has 82 valence electrons. The first-order chi connectivity index (χ1) is 7.04. The highest BCUT2D eigenvalue weighted by atomic mass is 32.2. The maximum absolute atomic E-state index is 13.4. The molecule has 0 aliphatic carbocycles. The number of nitrogens with one attached hydrogen (secondary N) is 1. The number of rotatable bonds is 1. The van der Waals surface area contributed by atoms with E-state index in [1.807, 2.05) is 12.3 Å². The minimum atomic E-state index is -2.68. The van der Waals surface area contributed by atoms with Gasteiger partial charge in [0.15, 0.2) is 0 Å². The Morgan fingerprint density at radius 2 is 2.33 bits per heavy atom. The SMILES string of the molecule is CSc1cc2c(cn1)C(C)C(F)(F)CN2. The summed E-state index contributed by atoms with van der Waals surface area (Å²) in [5.41, 5.74) is 1.39. The van der Waals surface area contributed by atoms with Crippen LogP contribution in [-0.4, -0.2) is 23.7 Å². The number of alkyl halides is 2. The number of halogens is 2. The van der Waals surface area contributed by atoms with Gasteiger partial charge < -0.3 is 5.32 Å². The van der Waals surface area contributed by atoms with E-state index in [2.05, 4.69) is 10.3 Å². The first-order valence-electron chi connectivity index (χ1n) is 4.70. The molecule has 0 aromatic carbocycles. The van der Waals surface area contributed by atoms with E-state index in [0.717, 1.165) is 10.7 Å². The fraction of sp³-hybridized carbons (Fsp3) is 0.500. The van der Waals surface area contributed by atoms with Crippen LogP contribution in [0.25, 0.3) is 0 Å². The number of pyridine rings is 1. The highest BCUT2D eigenvalue weighted by Crippen LogP contribution is 2.41. The number of thioether (sulfide) groups is 1. The van der Waals surface area contributed by atoms with Crippen molar-refractivity contribution in [2.75, 3.05) is 18.1 Å². The zero-order chi connectivity index (χ0) is 11.1. The molecule has 1 aromatic heterocycles. The largest absolute Gasteiger partial charge is 0.379 e. The van der Waals surface area contributed by atoms with Crippen molar-refractivity contribution >= 4 is 17.4 Å². The number of hydrogen-bond donors (Lipinski definition) is 1. The van der Waals surface area contributed by atoms with Gasteiger partial charge in [0, 0.05) is 17.4 Å². The summed E-state index contributed by atoms with van der Waals surface area (Å²) in [5, 5.41) is 3.60. The van der Waals surface area contributed by atoms with E-state index in [1.54, 1.807) is 13.1 Å². The summed E-state index contributed by atoms with van der Waals surface area (Å²) < 4.78 is 26.7. The van der Waals surface area contributed by atoms with Crippen molar-refractivity contribution in [3.8, 4) is 0 Å². The molecule has 2 rings (SSSR count). The summed E-state index contributed by atoms with van der Waals surface area (Å²) in [6.45, 7) is 1.25. The van der Waals surface area contributed by atoms with E-state index in [1.165, 1.54) is 11.8 Å². The fourth-order valence-corrected chi connectivity index (χ4v) is 2.04. The zero-order valence-corrected chi connectivity index (χ0v) is 9.37. The molecule has 0 bridgehead atoms. The highest BCUT2D eigenvalue weighted by molar-refractivity contribution is 7.98. The predicted molar refractivity (Wildman–Crippen MR) is 57.9 cm³/mol. The zero-order valence-electron chi connectivity index (χ0n) is 8.55. The van der Waals surface area contributed by atoms with Crippen molar-refractivity contribution in [2.45, 2.75) is 23.8 Å². The first-order valence-corrected chi connectivity index (χ1v) is 5.92. The average molecular weight is 230 g/mol. The van der Waals surface area contributed by atoms with Gasteiger partial charge in [0.25, 0.3) is 5.92 Å². The summed E-state index contributed by atoms with van der Waals surface area (Å²) in [5.74, 6) is -3.45. The highest BCUT2D eigenvalue weighted by Gasteiger charge is 2.41. The third-order valence-electron chi connectivity index (χ3n) is 2.73. The van der Waals surface area contributed by atoms with Gasteiger partial charge in [0.1, 0.15) is 0 Å². The molecular weight excluding hydrogens is 218 g/mol. The van der Waals surface area contributed by atoms with Gasteiger partial charge in [-0.15, -0.1) is 11.8 Å². The molecule has 0 saturated carbocycles. The molecular formula is C10H12F2N2S. The van der Waals surface area contributed by atoms with Crippen LogP contribution in [0, 0.1) is 0 Å². The second-order valence-electron chi connectivity index (χ2n) is 3.65. The minimum absolute atomic E-state index is 0.293. The van der Waals surface area contributed by atoms with Crippen LogP contribution in [0.4, 0.5) is 14.5 Å². The molecule has 5 heteroatoms. The third-order valence-corrected chi connectivity index (χ3v) is 3.37. The topological polar surface area (TPSA) is 24.9 Å². The second-order valence-corrected chi connectivity index (χ2v) is 4.48. The molecule has 1 N–H and O–H groups in total. The fourth-order valence-electron chi connectivity index (χ4n) is 1.65. The first kappa shape index (κ1) is 10.7. The smallest absolute Gasteiger partial charge is 0.271 e. The van der Waals surface area contributed by atoms with E-state index >= 15 is 0 Å². The van der Waals surface area contributed by atoms with Gasteiger partial charge in [-0.2, -0.15) is 0 Å². The van der Waals surface area contributed by atoms with Gasteiger partial charge in [-0.05, 0) is 12.3 Å². The van der Waals surface area contributed by atoms with Crippen LogP contribution in [0.2, 0.25) is 0 Å². The number of anilines is 1. The lowest BCUT2D eigenvalue weighted by molar-refractivity contribution is -0.0118. The normalized spacial score (nSPS) is 23.1. The molecule has 1 aromatic rings. The predicted octanol–water partition coefficient (Wildman–Crippen LogP) is 2.97. The Balaban J connectivity index is 2.42. The van der Waals surface area contributed by atoms with Gasteiger partial charge in [0.2, 0.25) is 0 Å². The molecule has 0 fully saturated rings. The van der Waals surface area contributed by atoms with Crippen molar-refractivity contribution in [1.29, 1.82) is 0 Å². The Kier molecular flexibility index (Phi) is 2.58. The monoisotopic (exact) mass is 230 g/mol. The summed E-state index contributed by atoms with van der Waals surface area (Å²) in [6.07, 6.45) is 3.46. The number of aromatic nitrogens is 1. The Morgan fingerprint density at radius 1 is 1.60 bits per heavy atom. The summed E-state index contributed by atoms with van der Waals surface area (Å²) in [7, 11) is 0. The second kappa shape index (κ2) is 3.63. The van der Waals surface area contributed by atoms with Gasteiger partial charge >= 0.3 is 0 Å². The van der Waals surface area contributed by atoms with Crippen LogP contribution < -0.4 is 5.32 Å². The summed E-state index contributed by atoms with van der Waals surface area (Å²) >= 11 is 1.50. The average Bonchev–Trinajstić information content (AvgIpc) is 2.23. The van der Waals surface area contributed by atoms with Gasteiger partial charge in [-0.3, -0.25) is 0 Å². The lowest BCUT2D eigenvalue weighted by Gasteiger charge is -2.31. The lowest BCUT2D eigenvalue weighted by atomic mass is 9.91. The third kappa shape index (κ3) is 1.80. The molecule has 1 aliphatic heterocycles. The van der Waals surface area contributed by atoms with Crippen LogP contribution in [-0.2, 0) is 0 Å². The van der Waals surface area contributed by atoms with Gasteiger partial charge in [0.05, 0.1) is 17.5 Å². The molecule has 0 radical (unpaired) electrons. The number of hydrogen-bond acceptors (Lipinski definition) is 3. The molecule has 1 atom stereocenters. The molecule has 1 unspecified atom stereocenters. The van der Waals surface area contributed by atoms with Crippen LogP contribution in [0.5, 0.6) is 0 Å². The maximum Gasteiger partial charge on any atom is 0.271 e. The Labute approximate surface area is 91.5 Å². The number of nitrogens with zero attached hydrogens (tertiary/aromatic N) is 1. The van der Waals surface area contributed by atoms with Crippen molar-refractivity contribution < 1.29 is 8.78 Å². The maximum atomic E-state index is 13.4. The van der Waals surface area contributed by atoms with Crippen molar-refractivity contribution in [1.82, 2.24) is 4.98 Å². The van der Waals surface area contributed by atoms with Gasteiger partial charge in [-0.25, -0.2) is 13.8 Å². The Hall–Kier alpha value is -0.840. The van der Waals surface area contributed by atoms with E-state index in [9.17, 15) is 8.78 Å². The molecule has 2 nitrogen and oxygen atoms in total. The Morgan fingerprint density at radius 3 is 3.00 bits per heavy atom. The lowest BCUT2D eigenvalue weighted by Crippen LogP contribution is -2.37. The minimum Gasteiger partial charge on any atom is -0.379 e. The molecule has 1 aliphatic rings. The Bertz CT molecular complexity index is 382. The van der Waals surface area contributed by atoms with Crippen LogP contribution >= 0.6 is 11.8 Å². The van der Waals surface area contributed by atoms with Crippen LogP contribution in [0.15, 0.2) is 17.3 Å². The van der Waals surface area contributed by atoms with Crippen molar-refractivity contribution in [2.24, 2.45) is 0 Å². The van der Waals surface area contributed by atoms with E-state index in [0.29, 0.717) is 5.56 Å². The molecule has 0 spiro atoms. The van der Waals surface area contributed by atoms with Gasteiger partial charge in [-0.1, -0.05) is 6.92 Å². The summed E-state index contributed by atoms with van der Waals surface area (Å²) in [4.78, 5) is 4.12. The summed E-state index contributed by atoms with van der Waals surface area (Å²) in [6, 6.07) is 1.83. The van der Waals surface area contributed by atoms with Crippen molar-refractivity contribution in [3.63, 3.8) is 0 Å². The standard InChI is InChI=1S/C10H12F2N2S/c1-6-7-4-13-9(15-2)3-8(7)14-5-10(6,11)12/h3-4,6,14H,5H2,1-2H3. The molecule has 0 amide bonds. The number of fused-ring (bicyclic) bond motifs is 1. The molecule has 2 heterocycles. The van der Waals surface area contributed by atoms with Crippen LogP contribution in [0.1, 0.15) is 18.4 Å². The molecule has 0 saturated heterocycles. The molecule has 15 heavy (non-hydrogen) atoms.